The third-order valence-electron chi connectivity index (χ3n) is 8.94. The Bertz CT molecular complexity index is 1580. The van der Waals surface area contributed by atoms with Gasteiger partial charge in [0, 0.05) is 67.9 Å². The van der Waals surface area contributed by atoms with Crippen LogP contribution in [0.3, 0.4) is 0 Å². The van der Waals surface area contributed by atoms with Crippen molar-refractivity contribution in [1.29, 1.82) is 0 Å². The molecule has 6 rings (SSSR count). The average molecular weight is 624 g/mol. The predicted octanol–water partition coefficient (Wildman–Crippen LogP) is 5.56. The van der Waals surface area contributed by atoms with Crippen molar-refractivity contribution >= 4 is 39.0 Å². The van der Waals surface area contributed by atoms with E-state index in [0.29, 0.717) is 35.3 Å². The summed E-state index contributed by atoms with van der Waals surface area (Å²) < 4.78 is 35.3. The Labute approximate surface area is 258 Å². The predicted molar refractivity (Wildman–Crippen MR) is 167 cm³/mol. The van der Waals surface area contributed by atoms with Gasteiger partial charge in [-0.15, -0.1) is 0 Å². The fourth-order valence-electron chi connectivity index (χ4n) is 5.90. The lowest BCUT2D eigenvalue weighted by molar-refractivity contribution is -0.127. The van der Waals surface area contributed by atoms with Crippen LogP contribution in [0.4, 0.5) is 11.5 Å². The molecule has 3 aromatic rings. The van der Waals surface area contributed by atoms with Gasteiger partial charge in [0.05, 0.1) is 5.69 Å². The molecule has 228 valence electrons. The molecule has 2 aliphatic heterocycles. The number of carbonyl (C=O) groups excluding carboxylic acids is 1. The molecule has 43 heavy (non-hydrogen) atoms. The number of hydrogen-bond donors (Lipinski definition) is 1. The summed E-state index contributed by atoms with van der Waals surface area (Å²) in [6, 6.07) is 16.3. The topological polar surface area (TPSA) is 105 Å². The molecule has 1 aromatic carbocycles. The van der Waals surface area contributed by atoms with E-state index < -0.39 is 21.5 Å². The van der Waals surface area contributed by atoms with E-state index in [-0.39, 0.29) is 10.4 Å². The Morgan fingerprint density at radius 2 is 1.70 bits per heavy atom. The molecule has 2 aromatic heterocycles. The Morgan fingerprint density at radius 1 is 0.953 bits per heavy atom. The van der Waals surface area contributed by atoms with Crippen LogP contribution in [-0.4, -0.2) is 56.1 Å². The molecular weight excluding hydrogens is 586 g/mol. The summed E-state index contributed by atoms with van der Waals surface area (Å²) in [5.74, 6) is 0.730. The van der Waals surface area contributed by atoms with Crippen LogP contribution in [0.15, 0.2) is 65.8 Å². The fraction of sp³-hybridized carbons (Fsp3) is 0.469. The fourth-order valence-corrected chi connectivity index (χ4v) is 7.07. The maximum absolute atomic E-state index is 13.4. The number of nitrogens with one attached hydrogen (secondary N) is 1. The van der Waals surface area contributed by atoms with Gasteiger partial charge in [0.2, 0.25) is 0 Å². The first-order chi connectivity index (χ1) is 20.5. The molecule has 3 aliphatic rings. The number of ether oxygens (including phenoxy) is 1. The zero-order valence-electron chi connectivity index (χ0n) is 24.6. The lowest BCUT2D eigenvalue weighted by Gasteiger charge is -2.39. The second-order valence-electron chi connectivity index (χ2n) is 12.6. The number of amides is 1. The molecule has 0 spiro atoms. The molecule has 2 saturated heterocycles. The summed E-state index contributed by atoms with van der Waals surface area (Å²) >= 11 is 6.32. The first-order valence-electron chi connectivity index (χ1n) is 15.0. The maximum atomic E-state index is 13.4. The Hall–Kier alpha value is -3.37. The number of nitrogens with zero attached hydrogens (tertiary/aromatic N) is 4. The minimum atomic E-state index is -4.23. The highest BCUT2D eigenvalue weighted by atomic mass is 35.5. The molecule has 3 fully saturated rings. The standard InChI is InChI=1S/C32H38ClN5O4S/c1-31(2)15-20-37(21-16-31)26-10-9-24(33)22-27(26)42-32(13-14-32)30(39)36-43(40,41)29-8-5-7-28(35-29)38-18-11-23(12-19-38)25-6-3-4-17-34-25/h3-10,17,22-23H,11-16,18-21H2,1-2H3,(H,36,39). The number of halogens is 1. The van der Waals surface area contributed by atoms with Crippen molar-refractivity contribution in [1.82, 2.24) is 14.7 Å². The van der Waals surface area contributed by atoms with Crippen LogP contribution in [0.25, 0.3) is 0 Å². The SMILES string of the molecule is CC1(C)CCN(c2ccc(Cl)cc2OC2(C(=O)NS(=O)(=O)c3cccc(N4CCC(c5ccccn5)CC4)n3)CC2)CC1. The minimum Gasteiger partial charge on any atom is -0.475 e. The van der Waals surface area contributed by atoms with Crippen LogP contribution in [0.1, 0.15) is 64.0 Å². The molecule has 0 bridgehead atoms. The number of piperidine rings is 2. The molecule has 1 aliphatic carbocycles. The number of carbonyl (C=O) groups is 1. The summed E-state index contributed by atoms with van der Waals surface area (Å²) in [7, 11) is -4.23. The van der Waals surface area contributed by atoms with Crippen LogP contribution in [-0.2, 0) is 14.8 Å². The van der Waals surface area contributed by atoms with Gasteiger partial charge in [0.15, 0.2) is 10.6 Å². The molecule has 4 heterocycles. The highest BCUT2D eigenvalue weighted by Crippen LogP contribution is 2.45. The molecule has 1 N–H and O–H groups in total. The van der Waals surface area contributed by atoms with Gasteiger partial charge in [-0.25, -0.2) is 9.71 Å². The van der Waals surface area contributed by atoms with Gasteiger partial charge < -0.3 is 14.5 Å². The van der Waals surface area contributed by atoms with Crippen LogP contribution in [0, 0.1) is 5.41 Å². The van der Waals surface area contributed by atoms with Crippen LogP contribution in [0.5, 0.6) is 5.75 Å². The third kappa shape index (κ3) is 6.60. The number of anilines is 2. The maximum Gasteiger partial charge on any atom is 0.281 e. The summed E-state index contributed by atoms with van der Waals surface area (Å²) in [4.78, 5) is 26.7. The van der Waals surface area contributed by atoms with Gasteiger partial charge in [-0.1, -0.05) is 37.6 Å². The van der Waals surface area contributed by atoms with Gasteiger partial charge in [-0.2, -0.15) is 8.42 Å². The van der Waals surface area contributed by atoms with E-state index in [1.54, 1.807) is 18.2 Å². The van der Waals surface area contributed by atoms with E-state index in [1.165, 1.54) is 6.07 Å². The molecule has 1 amide bonds. The monoisotopic (exact) mass is 623 g/mol. The second-order valence-corrected chi connectivity index (χ2v) is 14.7. The Kier molecular flexibility index (Phi) is 8.02. The van der Waals surface area contributed by atoms with Crippen molar-refractivity contribution < 1.29 is 17.9 Å². The van der Waals surface area contributed by atoms with E-state index >= 15 is 0 Å². The number of benzene rings is 1. The van der Waals surface area contributed by atoms with Gasteiger partial charge in [-0.3, -0.25) is 9.78 Å². The first-order valence-corrected chi connectivity index (χ1v) is 16.8. The molecule has 9 nitrogen and oxygen atoms in total. The van der Waals surface area contributed by atoms with Crippen molar-refractivity contribution in [3.8, 4) is 5.75 Å². The van der Waals surface area contributed by atoms with Crippen LogP contribution in [0.2, 0.25) is 5.02 Å². The number of rotatable bonds is 8. The van der Waals surface area contributed by atoms with Crippen molar-refractivity contribution in [3.63, 3.8) is 0 Å². The molecule has 0 radical (unpaired) electrons. The summed E-state index contributed by atoms with van der Waals surface area (Å²) in [6.07, 6.45) is 6.49. The summed E-state index contributed by atoms with van der Waals surface area (Å²) in [5, 5.41) is 0.297. The molecule has 1 saturated carbocycles. The van der Waals surface area contributed by atoms with E-state index in [0.717, 1.165) is 63.2 Å². The molecule has 11 heteroatoms. The van der Waals surface area contributed by atoms with Crippen LogP contribution >= 0.6 is 11.6 Å². The van der Waals surface area contributed by atoms with Gasteiger partial charge in [0.1, 0.15) is 11.6 Å². The van der Waals surface area contributed by atoms with E-state index in [2.05, 4.69) is 38.3 Å². The second kappa shape index (κ2) is 11.6. The average Bonchev–Trinajstić information content (AvgIpc) is 3.79. The molecule has 0 atom stereocenters. The lowest BCUT2D eigenvalue weighted by atomic mass is 9.82. The quantitative estimate of drug-likeness (QED) is 0.348. The van der Waals surface area contributed by atoms with Gasteiger partial charge in [0.25, 0.3) is 15.9 Å². The minimum absolute atomic E-state index is 0.194. The lowest BCUT2D eigenvalue weighted by Crippen LogP contribution is -2.44. The number of pyridine rings is 2. The van der Waals surface area contributed by atoms with Crippen molar-refractivity contribution in [2.24, 2.45) is 5.41 Å². The van der Waals surface area contributed by atoms with E-state index in [1.807, 2.05) is 36.5 Å². The normalized spacial score (nSPS) is 20.0. The highest BCUT2D eigenvalue weighted by molar-refractivity contribution is 7.90. The van der Waals surface area contributed by atoms with Crippen molar-refractivity contribution in [3.05, 3.63) is 71.5 Å². The Morgan fingerprint density at radius 3 is 2.37 bits per heavy atom. The smallest absolute Gasteiger partial charge is 0.281 e. The molecule has 0 unspecified atom stereocenters. The number of sulfonamides is 1. The molecular formula is C32H38ClN5O4S. The highest BCUT2D eigenvalue weighted by Gasteiger charge is 2.54. The first kappa shape index (κ1) is 29.7. The van der Waals surface area contributed by atoms with Crippen molar-refractivity contribution in [2.75, 3.05) is 36.0 Å². The van der Waals surface area contributed by atoms with Gasteiger partial charge in [-0.05, 0) is 67.5 Å². The summed E-state index contributed by atoms with van der Waals surface area (Å²) in [5.41, 5.74) is 0.947. The zero-order chi connectivity index (χ0) is 30.2. The number of hydrogen-bond acceptors (Lipinski definition) is 8. The third-order valence-corrected chi connectivity index (χ3v) is 10.4. The summed E-state index contributed by atoms with van der Waals surface area (Å²) in [6.45, 7) is 7.73. The largest absolute Gasteiger partial charge is 0.475 e. The van der Waals surface area contributed by atoms with Crippen LogP contribution < -0.4 is 19.3 Å². The van der Waals surface area contributed by atoms with E-state index in [9.17, 15) is 13.2 Å². The Balaban J connectivity index is 1.13. The zero-order valence-corrected chi connectivity index (χ0v) is 26.2. The van der Waals surface area contributed by atoms with Crippen molar-refractivity contribution in [2.45, 2.75) is 68.9 Å². The number of aromatic nitrogens is 2. The van der Waals surface area contributed by atoms with E-state index in [4.69, 9.17) is 16.3 Å². The van der Waals surface area contributed by atoms with Gasteiger partial charge >= 0.3 is 0 Å².